The van der Waals surface area contributed by atoms with Crippen molar-refractivity contribution < 1.29 is 13.2 Å². The van der Waals surface area contributed by atoms with E-state index in [9.17, 15) is 8.42 Å². The zero-order chi connectivity index (χ0) is 14.6. The Labute approximate surface area is 122 Å². The molecule has 0 saturated heterocycles. The average Bonchev–Trinajstić information content (AvgIpc) is 2.40. The number of halogens is 1. The number of hydrogen-bond acceptors (Lipinski definition) is 4. The maximum Gasteiger partial charge on any atom is 0.241 e. The minimum Gasteiger partial charge on any atom is -0.492 e. The van der Waals surface area contributed by atoms with Crippen molar-refractivity contribution in [3.05, 3.63) is 53.3 Å². The van der Waals surface area contributed by atoms with Crippen LogP contribution in [0, 0.1) is 0 Å². The van der Waals surface area contributed by atoms with E-state index in [4.69, 9.17) is 21.5 Å². The third kappa shape index (κ3) is 3.93. The summed E-state index contributed by atoms with van der Waals surface area (Å²) in [6.07, 6.45) is 2.25. The summed E-state index contributed by atoms with van der Waals surface area (Å²) in [7, 11) is -3.88. The Kier molecular flexibility index (Phi) is 4.59. The van der Waals surface area contributed by atoms with Crippen LogP contribution in [0.15, 0.2) is 47.5 Å². The maximum atomic E-state index is 11.5. The summed E-state index contributed by atoms with van der Waals surface area (Å²) >= 11 is 5.77. The number of hydrogen-bond donors (Lipinski definition) is 1. The number of primary sulfonamides is 1. The second-order valence-electron chi connectivity index (χ2n) is 4.06. The molecule has 1 aromatic carbocycles. The molecular weight excluding hydrogens is 300 g/mol. The molecule has 0 aliphatic rings. The number of sulfonamides is 1. The van der Waals surface area contributed by atoms with Crippen molar-refractivity contribution in [2.75, 3.05) is 6.61 Å². The minimum atomic E-state index is -3.88. The highest BCUT2D eigenvalue weighted by molar-refractivity contribution is 7.89. The van der Waals surface area contributed by atoms with Crippen molar-refractivity contribution in [1.82, 2.24) is 4.98 Å². The summed E-state index contributed by atoms with van der Waals surface area (Å²) in [4.78, 5) is 4.03. The van der Waals surface area contributed by atoms with Gasteiger partial charge in [0.1, 0.15) is 10.6 Å². The number of nitrogens with two attached hydrogens (primary N) is 1. The summed E-state index contributed by atoms with van der Waals surface area (Å²) in [5, 5.41) is 5.41. The summed E-state index contributed by atoms with van der Waals surface area (Å²) in [5.74, 6) is 0.188. The van der Waals surface area contributed by atoms with E-state index in [1.54, 1.807) is 12.3 Å². The highest BCUT2D eigenvalue weighted by Gasteiger charge is 2.15. The average molecular weight is 313 g/mol. The van der Waals surface area contributed by atoms with Gasteiger partial charge in [-0.15, -0.1) is 0 Å². The molecule has 0 aliphatic heterocycles. The molecule has 20 heavy (non-hydrogen) atoms. The zero-order valence-electron chi connectivity index (χ0n) is 10.5. The largest absolute Gasteiger partial charge is 0.492 e. The lowest BCUT2D eigenvalue weighted by molar-refractivity contribution is 0.312. The molecule has 5 nitrogen and oxygen atoms in total. The van der Waals surface area contributed by atoms with Crippen molar-refractivity contribution >= 4 is 21.6 Å². The van der Waals surface area contributed by atoms with Gasteiger partial charge in [0.2, 0.25) is 10.0 Å². The molecule has 1 aromatic heterocycles. The van der Waals surface area contributed by atoms with Gasteiger partial charge in [-0.25, -0.2) is 13.6 Å². The van der Waals surface area contributed by atoms with Gasteiger partial charge in [-0.3, -0.25) is 4.98 Å². The Balaban J connectivity index is 2.10. The van der Waals surface area contributed by atoms with Crippen molar-refractivity contribution in [2.24, 2.45) is 5.14 Å². The van der Waals surface area contributed by atoms with Crippen LogP contribution in [0.2, 0.25) is 5.02 Å². The molecule has 0 bridgehead atoms. The molecule has 0 radical (unpaired) electrons. The highest BCUT2D eigenvalue weighted by Crippen LogP contribution is 2.26. The molecule has 0 spiro atoms. The monoisotopic (exact) mass is 312 g/mol. The lowest BCUT2D eigenvalue weighted by Gasteiger charge is -2.10. The molecule has 0 unspecified atom stereocenters. The fourth-order valence-electron chi connectivity index (χ4n) is 1.64. The minimum absolute atomic E-state index is 0.119. The van der Waals surface area contributed by atoms with Gasteiger partial charge in [0.25, 0.3) is 0 Å². The van der Waals surface area contributed by atoms with Gasteiger partial charge in [-0.2, -0.15) is 0 Å². The third-order valence-corrected chi connectivity index (χ3v) is 3.72. The molecule has 106 valence electrons. The van der Waals surface area contributed by atoms with E-state index in [1.165, 1.54) is 12.1 Å². The number of benzene rings is 1. The Morgan fingerprint density at radius 1 is 1.25 bits per heavy atom. The first-order chi connectivity index (χ1) is 9.47. The van der Waals surface area contributed by atoms with Gasteiger partial charge in [-0.05, 0) is 30.3 Å². The van der Waals surface area contributed by atoms with Crippen LogP contribution in [0.25, 0.3) is 0 Å². The molecule has 2 aromatic rings. The van der Waals surface area contributed by atoms with E-state index >= 15 is 0 Å². The second kappa shape index (κ2) is 6.21. The van der Waals surface area contributed by atoms with Gasteiger partial charge in [0.15, 0.2) is 0 Å². The van der Waals surface area contributed by atoms with Crippen LogP contribution < -0.4 is 9.88 Å². The van der Waals surface area contributed by atoms with Crippen LogP contribution in [0.5, 0.6) is 5.75 Å². The van der Waals surface area contributed by atoms with Crippen molar-refractivity contribution in [1.29, 1.82) is 0 Å². The van der Waals surface area contributed by atoms with E-state index in [1.807, 2.05) is 18.2 Å². The van der Waals surface area contributed by atoms with E-state index < -0.39 is 10.0 Å². The number of rotatable bonds is 5. The van der Waals surface area contributed by atoms with Crippen molar-refractivity contribution in [2.45, 2.75) is 11.3 Å². The van der Waals surface area contributed by atoms with E-state index in [-0.39, 0.29) is 15.7 Å². The third-order valence-electron chi connectivity index (χ3n) is 2.55. The van der Waals surface area contributed by atoms with E-state index in [0.29, 0.717) is 13.0 Å². The molecule has 2 N–H and O–H groups in total. The molecule has 1 heterocycles. The quantitative estimate of drug-likeness (QED) is 0.915. The fourth-order valence-corrected chi connectivity index (χ4v) is 2.57. The molecule has 7 heteroatoms. The van der Waals surface area contributed by atoms with Crippen LogP contribution in [0.4, 0.5) is 0 Å². The van der Waals surface area contributed by atoms with Crippen LogP contribution >= 0.6 is 11.6 Å². The molecule has 0 atom stereocenters. The Morgan fingerprint density at radius 3 is 2.70 bits per heavy atom. The van der Waals surface area contributed by atoms with Gasteiger partial charge in [0.05, 0.1) is 6.61 Å². The van der Waals surface area contributed by atoms with E-state index in [2.05, 4.69) is 4.98 Å². The second-order valence-corrected chi connectivity index (χ2v) is 6.02. The lowest BCUT2D eigenvalue weighted by atomic mass is 10.3. The molecule has 0 saturated carbocycles. The zero-order valence-corrected chi connectivity index (χ0v) is 12.1. The predicted octanol–water partition coefficient (Wildman–Crippen LogP) is 2.00. The summed E-state index contributed by atoms with van der Waals surface area (Å²) in [5.41, 5.74) is 0.860. The summed E-state index contributed by atoms with van der Waals surface area (Å²) in [6.45, 7) is 0.293. The lowest BCUT2D eigenvalue weighted by Crippen LogP contribution is -2.14. The predicted molar refractivity (Wildman–Crippen MR) is 76.3 cm³/mol. The van der Waals surface area contributed by atoms with Gasteiger partial charge in [0, 0.05) is 23.3 Å². The summed E-state index contributed by atoms with van der Waals surface area (Å²) in [6, 6.07) is 9.87. The number of pyridine rings is 1. The maximum absolute atomic E-state index is 11.5. The molecule has 0 aliphatic carbocycles. The standard InChI is InChI=1S/C13H13ClN2O3S/c14-10-4-5-12(13(9-10)20(15,17)18)19-8-6-11-3-1-2-7-16-11/h1-5,7,9H,6,8H2,(H2,15,17,18). The number of nitrogens with zero attached hydrogens (tertiary/aromatic N) is 1. The SMILES string of the molecule is NS(=O)(=O)c1cc(Cl)ccc1OCCc1ccccn1. The molecule has 0 fully saturated rings. The summed E-state index contributed by atoms with van der Waals surface area (Å²) < 4.78 is 28.4. The first-order valence-corrected chi connectivity index (χ1v) is 7.74. The normalized spacial score (nSPS) is 11.3. The Morgan fingerprint density at radius 2 is 2.05 bits per heavy atom. The van der Waals surface area contributed by atoms with Crippen LogP contribution in [-0.2, 0) is 16.4 Å². The van der Waals surface area contributed by atoms with Crippen LogP contribution in [0.3, 0.4) is 0 Å². The Bertz CT molecular complexity index is 690. The van der Waals surface area contributed by atoms with Gasteiger partial charge < -0.3 is 4.74 Å². The van der Waals surface area contributed by atoms with Crippen LogP contribution in [-0.4, -0.2) is 20.0 Å². The Hall–Kier alpha value is -1.63. The van der Waals surface area contributed by atoms with Crippen molar-refractivity contribution in [3.63, 3.8) is 0 Å². The number of ether oxygens (including phenoxy) is 1. The molecule has 0 amide bonds. The smallest absolute Gasteiger partial charge is 0.241 e. The first-order valence-electron chi connectivity index (χ1n) is 5.82. The molecule has 2 rings (SSSR count). The fraction of sp³-hybridized carbons (Fsp3) is 0.154. The van der Waals surface area contributed by atoms with Crippen molar-refractivity contribution in [3.8, 4) is 5.75 Å². The van der Waals surface area contributed by atoms with Gasteiger partial charge in [-0.1, -0.05) is 17.7 Å². The molecular formula is C13H13ClN2O3S. The van der Waals surface area contributed by atoms with Crippen LogP contribution in [0.1, 0.15) is 5.69 Å². The van der Waals surface area contributed by atoms with E-state index in [0.717, 1.165) is 5.69 Å². The number of aromatic nitrogens is 1. The highest BCUT2D eigenvalue weighted by atomic mass is 35.5. The van der Waals surface area contributed by atoms with Gasteiger partial charge >= 0.3 is 0 Å². The first kappa shape index (κ1) is 14.8. The topological polar surface area (TPSA) is 82.3 Å².